The number of rotatable bonds is 4. The van der Waals surface area contributed by atoms with Crippen molar-refractivity contribution >= 4 is 66.2 Å². The Bertz CT molecular complexity index is 630. The molecule has 20 heavy (non-hydrogen) atoms. The molecule has 0 unspecified atom stereocenters. The van der Waals surface area contributed by atoms with Gasteiger partial charge in [0.15, 0.2) is 0 Å². The smallest absolute Gasteiger partial charge is 0.350 e. The first kappa shape index (κ1) is 16.0. The van der Waals surface area contributed by atoms with E-state index in [-0.39, 0.29) is 5.97 Å². The fourth-order valence-electron chi connectivity index (χ4n) is 1.83. The average Bonchev–Trinajstić information content (AvgIpc) is 2.90. The molecular weight excluding hydrogens is 426 g/mol. The Morgan fingerprint density at radius 3 is 2.55 bits per heavy atom. The highest BCUT2D eigenvalue weighted by molar-refractivity contribution is 9.13. The molecule has 2 aromatic rings. The normalized spacial score (nSPS) is 10.8. The third-order valence-corrected chi connectivity index (χ3v) is 7.40. The van der Waals surface area contributed by atoms with Crippen LogP contribution < -0.4 is 5.73 Å². The van der Waals surface area contributed by atoms with Crippen LogP contribution in [0.15, 0.2) is 14.3 Å². The first-order valence-corrected chi connectivity index (χ1v) is 9.24. The Morgan fingerprint density at radius 2 is 2.05 bits per heavy atom. The molecule has 7 heteroatoms. The molecular formula is C13H13Br2NO2S2. The van der Waals surface area contributed by atoms with Gasteiger partial charge in [0, 0.05) is 9.35 Å². The molecule has 0 aromatic carbocycles. The largest absolute Gasteiger partial charge is 0.462 e. The Labute approximate surface area is 142 Å². The summed E-state index contributed by atoms with van der Waals surface area (Å²) in [6.45, 7) is 4.18. The van der Waals surface area contributed by atoms with Gasteiger partial charge in [-0.25, -0.2) is 4.79 Å². The Balaban J connectivity index is 2.53. The van der Waals surface area contributed by atoms with Crippen LogP contribution in [-0.2, 0) is 11.2 Å². The van der Waals surface area contributed by atoms with Crippen molar-refractivity contribution in [2.45, 2.75) is 20.3 Å². The lowest BCUT2D eigenvalue weighted by atomic mass is 10.1. The van der Waals surface area contributed by atoms with E-state index in [2.05, 4.69) is 31.9 Å². The SMILES string of the molecule is CCOC(=O)c1sc(-c2cc(Br)c(Br)s2)c(CC)c1N. The van der Waals surface area contributed by atoms with Gasteiger partial charge in [-0.05, 0) is 56.8 Å². The van der Waals surface area contributed by atoms with E-state index in [0.29, 0.717) is 17.2 Å². The number of esters is 1. The van der Waals surface area contributed by atoms with Crippen molar-refractivity contribution in [3.63, 3.8) is 0 Å². The number of hydrogen-bond donors (Lipinski definition) is 1. The number of anilines is 1. The molecule has 2 heterocycles. The number of halogens is 2. The standard InChI is InChI=1S/C13H13Br2NO2S2/c1-3-6-9(16)11(13(17)18-4-2)20-10(6)8-5-7(14)12(15)19-8/h5H,3-4,16H2,1-2H3. The van der Waals surface area contributed by atoms with Crippen LogP contribution in [0.25, 0.3) is 9.75 Å². The molecule has 2 aromatic heterocycles. The van der Waals surface area contributed by atoms with Crippen molar-refractivity contribution in [3.05, 3.63) is 24.8 Å². The van der Waals surface area contributed by atoms with Crippen LogP contribution in [0.1, 0.15) is 29.1 Å². The zero-order chi connectivity index (χ0) is 14.9. The van der Waals surface area contributed by atoms with E-state index in [1.807, 2.05) is 13.0 Å². The predicted molar refractivity (Wildman–Crippen MR) is 92.8 cm³/mol. The second-order valence-electron chi connectivity index (χ2n) is 3.96. The summed E-state index contributed by atoms with van der Waals surface area (Å²) in [7, 11) is 0. The molecule has 0 fully saturated rings. The lowest BCUT2D eigenvalue weighted by Gasteiger charge is -2.01. The summed E-state index contributed by atoms with van der Waals surface area (Å²) in [6, 6.07) is 2.04. The molecule has 0 saturated heterocycles. The maximum atomic E-state index is 11.9. The fraction of sp³-hybridized carbons (Fsp3) is 0.308. The maximum absolute atomic E-state index is 11.9. The molecule has 3 nitrogen and oxygen atoms in total. The first-order valence-electron chi connectivity index (χ1n) is 6.03. The third-order valence-electron chi connectivity index (χ3n) is 2.73. The summed E-state index contributed by atoms with van der Waals surface area (Å²) < 4.78 is 7.09. The average molecular weight is 439 g/mol. The lowest BCUT2D eigenvalue weighted by Crippen LogP contribution is -2.05. The molecule has 0 aliphatic rings. The van der Waals surface area contributed by atoms with Gasteiger partial charge in [-0.15, -0.1) is 22.7 Å². The van der Waals surface area contributed by atoms with Gasteiger partial charge in [0.1, 0.15) is 4.88 Å². The van der Waals surface area contributed by atoms with E-state index >= 15 is 0 Å². The van der Waals surface area contributed by atoms with E-state index < -0.39 is 0 Å². The second kappa shape index (κ2) is 6.60. The summed E-state index contributed by atoms with van der Waals surface area (Å²) in [5.41, 5.74) is 7.68. The van der Waals surface area contributed by atoms with Gasteiger partial charge in [0.2, 0.25) is 0 Å². The third kappa shape index (κ3) is 2.95. The van der Waals surface area contributed by atoms with Crippen molar-refractivity contribution in [1.82, 2.24) is 0 Å². The van der Waals surface area contributed by atoms with Gasteiger partial charge < -0.3 is 10.5 Å². The number of ether oxygens (including phenoxy) is 1. The van der Waals surface area contributed by atoms with Crippen LogP contribution in [0, 0.1) is 0 Å². The van der Waals surface area contributed by atoms with Crippen molar-refractivity contribution in [1.29, 1.82) is 0 Å². The molecule has 0 aliphatic heterocycles. The zero-order valence-electron chi connectivity index (χ0n) is 11.0. The molecule has 108 valence electrons. The Kier molecular flexibility index (Phi) is 5.28. The predicted octanol–water partition coefficient (Wildman–Crippen LogP) is 5.32. The number of thiophene rings is 2. The highest BCUT2D eigenvalue weighted by Crippen LogP contribution is 2.45. The van der Waals surface area contributed by atoms with Crippen molar-refractivity contribution in [2.24, 2.45) is 0 Å². The summed E-state index contributed by atoms with van der Waals surface area (Å²) in [4.78, 5) is 14.6. The van der Waals surface area contributed by atoms with Crippen molar-refractivity contribution < 1.29 is 9.53 Å². The van der Waals surface area contributed by atoms with E-state index in [1.165, 1.54) is 11.3 Å². The van der Waals surface area contributed by atoms with E-state index in [9.17, 15) is 4.79 Å². The molecule has 0 atom stereocenters. The topological polar surface area (TPSA) is 52.3 Å². The van der Waals surface area contributed by atoms with Gasteiger partial charge >= 0.3 is 5.97 Å². The second-order valence-corrected chi connectivity index (χ2v) is 8.20. The highest BCUT2D eigenvalue weighted by Gasteiger charge is 2.23. The van der Waals surface area contributed by atoms with Crippen LogP contribution in [0.3, 0.4) is 0 Å². The molecule has 0 spiro atoms. The van der Waals surface area contributed by atoms with Gasteiger partial charge in [-0.2, -0.15) is 0 Å². The summed E-state index contributed by atoms with van der Waals surface area (Å²) in [6.07, 6.45) is 0.782. The van der Waals surface area contributed by atoms with Crippen LogP contribution in [0.4, 0.5) is 5.69 Å². The van der Waals surface area contributed by atoms with E-state index in [0.717, 1.165) is 30.0 Å². The number of carbonyl (C=O) groups excluding carboxylic acids is 1. The van der Waals surface area contributed by atoms with Gasteiger partial charge in [0.05, 0.1) is 21.0 Å². The van der Waals surface area contributed by atoms with E-state index in [4.69, 9.17) is 10.5 Å². The van der Waals surface area contributed by atoms with Gasteiger partial charge in [0.25, 0.3) is 0 Å². The maximum Gasteiger partial charge on any atom is 0.350 e. The number of hydrogen-bond acceptors (Lipinski definition) is 5. The Morgan fingerprint density at radius 1 is 1.35 bits per heavy atom. The summed E-state index contributed by atoms with van der Waals surface area (Å²) >= 11 is 10.00. The van der Waals surface area contributed by atoms with Crippen LogP contribution in [0.2, 0.25) is 0 Å². The minimum Gasteiger partial charge on any atom is -0.462 e. The molecule has 2 rings (SSSR count). The minimum absolute atomic E-state index is 0.342. The number of nitrogens with two attached hydrogens (primary N) is 1. The van der Waals surface area contributed by atoms with Crippen LogP contribution in [-0.4, -0.2) is 12.6 Å². The summed E-state index contributed by atoms with van der Waals surface area (Å²) in [5.74, 6) is -0.342. The molecule has 0 saturated carbocycles. The highest BCUT2D eigenvalue weighted by atomic mass is 79.9. The summed E-state index contributed by atoms with van der Waals surface area (Å²) in [5, 5.41) is 0. The number of carbonyl (C=O) groups is 1. The molecule has 2 N–H and O–H groups in total. The van der Waals surface area contributed by atoms with Gasteiger partial charge in [-0.1, -0.05) is 6.92 Å². The molecule has 0 bridgehead atoms. The monoisotopic (exact) mass is 437 g/mol. The first-order chi connectivity index (χ1) is 9.49. The molecule has 0 aliphatic carbocycles. The Hall–Kier alpha value is -0.370. The number of nitrogen functional groups attached to an aromatic ring is 1. The minimum atomic E-state index is -0.342. The molecule has 0 radical (unpaired) electrons. The van der Waals surface area contributed by atoms with Crippen molar-refractivity contribution in [3.8, 4) is 9.75 Å². The van der Waals surface area contributed by atoms with E-state index in [1.54, 1.807) is 18.3 Å². The lowest BCUT2D eigenvalue weighted by molar-refractivity contribution is 0.0533. The fourth-order valence-corrected chi connectivity index (χ4v) is 5.20. The quantitative estimate of drug-likeness (QED) is 0.656. The molecule has 0 amide bonds. The zero-order valence-corrected chi connectivity index (χ0v) is 15.8. The van der Waals surface area contributed by atoms with Crippen LogP contribution >= 0.6 is 54.5 Å². The van der Waals surface area contributed by atoms with Crippen LogP contribution in [0.5, 0.6) is 0 Å². The van der Waals surface area contributed by atoms with Gasteiger partial charge in [-0.3, -0.25) is 0 Å². The van der Waals surface area contributed by atoms with Crippen molar-refractivity contribution in [2.75, 3.05) is 12.3 Å².